The summed E-state index contributed by atoms with van der Waals surface area (Å²) < 4.78 is 198. The van der Waals surface area contributed by atoms with Crippen molar-refractivity contribution in [2.24, 2.45) is 0 Å². The van der Waals surface area contributed by atoms with Crippen LogP contribution in [0.1, 0.15) is 0 Å². The summed E-state index contributed by atoms with van der Waals surface area (Å²) >= 11 is 0. The van der Waals surface area contributed by atoms with Crippen LogP contribution in [0.25, 0.3) is 0 Å². The zero-order valence-electron chi connectivity index (χ0n) is 13.3. The first-order valence-corrected chi connectivity index (χ1v) is 5.81. The summed E-state index contributed by atoms with van der Waals surface area (Å²) in [7, 11) is 0. The Morgan fingerprint density at radius 3 is 0.452 bits per heavy atom. The zero-order chi connectivity index (χ0) is 25.7. The first-order chi connectivity index (χ1) is 12.6. The summed E-state index contributed by atoms with van der Waals surface area (Å²) in [5.74, 6) is -16.9. The number of rotatable bonds is 3. The minimum atomic E-state index is -6.05. The van der Waals surface area contributed by atoms with E-state index in [1.807, 2.05) is 0 Å². The van der Waals surface area contributed by atoms with E-state index in [0.717, 1.165) is 0 Å². The van der Waals surface area contributed by atoms with Gasteiger partial charge in [0.1, 0.15) is 0 Å². The van der Waals surface area contributed by atoms with Crippen LogP contribution in [0.2, 0.25) is 0 Å². The van der Waals surface area contributed by atoms with E-state index in [4.69, 9.17) is 0 Å². The van der Waals surface area contributed by atoms with Gasteiger partial charge in [-0.3, -0.25) is 0 Å². The molecule has 0 fully saturated rings. The van der Waals surface area contributed by atoms with E-state index in [1.54, 1.807) is 0 Å². The smallest absolute Gasteiger partial charge is 0.813 e. The molecule has 0 N–H and O–H groups in total. The van der Waals surface area contributed by atoms with Crippen LogP contribution in [0.15, 0.2) is 0 Å². The molecule has 31 heavy (non-hydrogen) atoms. The molecule has 1 radical (unpaired) electrons. The van der Waals surface area contributed by atoms with E-state index in [0.29, 0.717) is 0 Å². The summed E-state index contributed by atoms with van der Waals surface area (Å²) in [4.78, 5) is 0. The van der Waals surface area contributed by atoms with E-state index in [1.165, 1.54) is 0 Å². The maximum absolute atomic E-state index is 11.3. The largest absolute Gasteiger partial charge is 3.00 e. The van der Waals surface area contributed by atoms with Crippen molar-refractivity contribution in [2.75, 3.05) is 0 Å². The molecule has 3 nitrogen and oxygen atoms in total. The second-order valence-corrected chi connectivity index (χ2v) is 4.33. The van der Waals surface area contributed by atoms with Crippen LogP contribution in [0.3, 0.4) is 0 Å². The van der Waals surface area contributed by atoms with Crippen LogP contribution < -0.4 is 15.3 Å². The van der Waals surface area contributed by atoms with Crippen LogP contribution in [0.5, 0.6) is 0 Å². The molecule has 0 aliphatic heterocycles. The monoisotopic (exact) mass is 641 g/mol. The molecule has 0 saturated heterocycles. The number of hydrogen-bond acceptors (Lipinski definition) is 3. The molecule has 0 spiro atoms. The molecular weight excluding hydrogens is 638 g/mol. The molecule has 0 aromatic carbocycles. The van der Waals surface area contributed by atoms with E-state index in [-0.39, 0.29) is 41.7 Å². The van der Waals surface area contributed by atoms with Crippen LogP contribution in [-0.2, 0) is 0 Å². The number of hydrogen-bond donors (Lipinski definition) is 0. The van der Waals surface area contributed by atoms with Crippen molar-refractivity contribution in [3.8, 4) is 0 Å². The molecular formula is C9H3CeF18O3. The Bertz CT molecular complexity index is 422. The summed E-state index contributed by atoms with van der Waals surface area (Å²) in [6, 6.07) is 0. The summed E-state index contributed by atoms with van der Waals surface area (Å²) in [6.07, 6.45) is -31.9. The van der Waals surface area contributed by atoms with Crippen molar-refractivity contribution < 1.29 is 136 Å². The Kier molecular flexibility index (Phi) is 15.4. The molecule has 187 valence electrons. The van der Waals surface area contributed by atoms with Crippen molar-refractivity contribution in [1.82, 2.24) is 0 Å². The molecule has 0 amide bonds. The third kappa shape index (κ3) is 11.6. The second kappa shape index (κ2) is 12.5. The van der Waals surface area contributed by atoms with Crippen LogP contribution in [-0.4, -0.2) is 55.4 Å². The summed E-state index contributed by atoms with van der Waals surface area (Å²) in [6.45, 7) is 0. The van der Waals surface area contributed by atoms with Crippen molar-refractivity contribution in [3.63, 3.8) is 0 Å². The van der Waals surface area contributed by atoms with Gasteiger partial charge in [-0.2, -0.15) is 39.5 Å². The fourth-order valence-electron chi connectivity index (χ4n) is 0.371. The van der Waals surface area contributed by atoms with Crippen LogP contribution >= 0.6 is 0 Å². The van der Waals surface area contributed by atoms with Gasteiger partial charge >= 0.3 is 60.3 Å². The molecule has 0 heterocycles. The third-order valence-electron chi connectivity index (χ3n) is 2.00. The third-order valence-corrected chi connectivity index (χ3v) is 2.00. The van der Waals surface area contributed by atoms with Gasteiger partial charge in [0.2, 0.25) is 0 Å². The first-order valence-electron chi connectivity index (χ1n) is 5.81. The summed E-state index contributed by atoms with van der Waals surface area (Å²) in [5, 5.41) is 27.8. The van der Waals surface area contributed by atoms with E-state index in [9.17, 15) is 94.3 Å². The van der Waals surface area contributed by atoms with Gasteiger partial charge in [-0.1, -0.05) is 0 Å². The van der Waals surface area contributed by atoms with Gasteiger partial charge in [0.15, 0.2) is 17.6 Å². The number of alkyl halides is 18. The average molecular weight is 641 g/mol. The Morgan fingerprint density at radius 2 is 0.452 bits per heavy atom. The van der Waals surface area contributed by atoms with Crippen molar-refractivity contribution in [1.29, 1.82) is 0 Å². The Labute approximate surface area is 191 Å². The standard InChI is InChI=1S/3C3HF6O.Ce/c3*4-1(5)2(6,10)3(7,8)9;/h3*1H;/q3*-1;+3. The minimum Gasteiger partial charge on any atom is -0.813 e. The molecule has 0 bridgehead atoms. The normalized spacial score (nSPS) is 18.6. The van der Waals surface area contributed by atoms with Crippen molar-refractivity contribution in [2.45, 2.75) is 55.4 Å². The molecule has 0 saturated carbocycles. The maximum atomic E-state index is 11.3. The zero-order valence-corrected chi connectivity index (χ0v) is 16.4. The quantitative estimate of drug-likeness (QED) is 0.446. The summed E-state index contributed by atoms with van der Waals surface area (Å²) in [5.41, 5.74) is 0. The first kappa shape index (κ1) is 38.3. The fraction of sp³-hybridized carbons (Fsp3) is 1.00. The molecule has 0 rings (SSSR count). The molecule has 3 atom stereocenters. The van der Waals surface area contributed by atoms with Gasteiger partial charge in [0.25, 0.3) is 19.3 Å². The molecule has 0 aromatic rings. The molecule has 3 unspecified atom stereocenters. The molecule has 0 aromatic heterocycles. The fourth-order valence-corrected chi connectivity index (χ4v) is 0.371. The van der Waals surface area contributed by atoms with Crippen LogP contribution in [0, 0.1) is 41.7 Å². The van der Waals surface area contributed by atoms with E-state index < -0.39 is 55.4 Å². The van der Waals surface area contributed by atoms with Gasteiger partial charge in [-0.15, -0.1) is 0 Å². The van der Waals surface area contributed by atoms with Crippen molar-refractivity contribution in [3.05, 3.63) is 0 Å². The van der Waals surface area contributed by atoms with Crippen molar-refractivity contribution >= 4 is 0 Å². The van der Waals surface area contributed by atoms with Gasteiger partial charge < -0.3 is 15.3 Å². The topological polar surface area (TPSA) is 69.2 Å². The van der Waals surface area contributed by atoms with Gasteiger partial charge in [0, 0.05) is 0 Å². The second-order valence-electron chi connectivity index (χ2n) is 4.33. The SMILES string of the molecule is [Ce+3].[O-]C(F)(C(F)F)C(F)(F)F.[O-]C(F)(C(F)F)C(F)(F)F.[O-]C(F)(C(F)F)C(F)(F)F. The Hall–Kier alpha value is -0.00338. The minimum absolute atomic E-state index is 0. The predicted molar refractivity (Wildman–Crippen MR) is 47.7 cm³/mol. The Morgan fingerprint density at radius 1 is 0.355 bits per heavy atom. The molecule has 22 heteroatoms. The molecule has 0 aliphatic rings. The van der Waals surface area contributed by atoms with Gasteiger partial charge in [0.05, 0.1) is 0 Å². The van der Waals surface area contributed by atoms with Crippen LogP contribution in [0.4, 0.5) is 79.0 Å². The van der Waals surface area contributed by atoms with E-state index >= 15 is 0 Å². The van der Waals surface area contributed by atoms with Gasteiger partial charge in [-0.25, -0.2) is 39.5 Å². The Balaban J connectivity index is -0.000000174. The average Bonchev–Trinajstić information content (AvgIpc) is 2.44. The predicted octanol–water partition coefficient (Wildman–Crippen LogP) is 2.52. The molecule has 0 aliphatic carbocycles. The maximum Gasteiger partial charge on any atom is 3.00 e. The van der Waals surface area contributed by atoms with E-state index in [2.05, 4.69) is 0 Å². The van der Waals surface area contributed by atoms with Gasteiger partial charge in [-0.05, 0) is 0 Å². The number of halogens is 18.